The number of hydrogen-bond donors (Lipinski definition) is 2. The number of nitrogens with two attached hydrogens (primary N) is 1. The van der Waals surface area contributed by atoms with E-state index in [0.717, 1.165) is 11.3 Å². The van der Waals surface area contributed by atoms with Crippen molar-refractivity contribution >= 4 is 11.9 Å². The number of carboxylic acid groups (broad SMARTS) is 1. The smallest absolute Gasteiger partial charge is 0.314 e. The summed E-state index contributed by atoms with van der Waals surface area (Å²) in [6.07, 6.45) is 0.486. The van der Waals surface area contributed by atoms with Gasteiger partial charge in [-0.3, -0.25) is 4.79 Å². The highest BCUT2D eigenvalue weighted by Crippen LogP contribution is 2.36. The number of anilines is 1. The molecule has 7 nitrogen and oxygen atoms in total. The van der Waals surface area contributed by atoms with Crippen LogP contribution < -0.4 is 10.5 Å². The molecule has 0 saturated heterocycles. The summed E-state index contributed by atoms with van der Waals surface area (Å²) in [5.41, 5.74) is 6.65. The number of fused-ring (bicyclic) bond motifs is 1. The number of nitrogen functional groups attached to an aromatic ring is 1. The van der Waals surface area contributed by atoms with Crippen LogP contribution in [0.4, 0.5) is 5.95 Å². The molecule has 0 fully saturated rings. The number of ether oxygens (including phenoxy) is 1. The van der Waals surface area contributed by atoms with Crippen LogP contribution in [0.1, 0.15) is 29.6 Å². The molecular weight excluding hydrogens is 272 g/mol. The maximum atomic E-state index is 11.5. The first-order chi connectivity index (χ1) is 10.1. The molecule has 2 aromatic rings. The van der Waals surface area contributed by atoms with Gasteiger partial charge in [0.1, 0.15) is 17.5 Å². The van der Waals surface area contributed by atoms with Gasteiger partial charge in [0, 0.05) is 5.92 Å². The highest BCUT2D eigenvalue weighted by molar-refractivity contribution is 5.75. The van der Waals surface area contributed by atoms with Gasteiger partial charge in [-0.15, -0.1) is 5.10 Å². The van der Waals surface area contributed by atoms with Crippen molar-refractivity contribution in [2.75, 3.05) is 12.8 Å². The Labute approximate surface area is 121 Å². The molecule has 2 heterocycles. The third-order valence-corrected chi connectivity index (χ3v) is 3.83. The van der Waals surface area contributed by atoms with E-state index in [1.54, 1.807) is 11.8 Å². The largest absolute Gasteiger partial charge is 0.497 e. The number of benzene rings is 1. The van der Waals surface area contributed by atoms with Crippen LogP contribution in [0.15, 0.2) is 24.3 Å². The van der Waals surface area contributed by atoms with Crippen LogP contribution in [0.3, 0.4) is 0 Å². The molecule has 2 atom stereocenters. The van der Waals surface area contributed by atoms with Gasteiger partial charge in [-0.25, -0.2) is 4.68 Å². The Kier molecular flexibility index (Phi) is 3.25. The maximum absolute atomic E-state index is 11.5. The number of rotatable bonds is 3. The van der Waals surface area contributed by atoms with Crippen molar-refractivity contribution in [3.8, 4) is 5.75 Å². The summed E-state index contributed by atoms with van der Waals surface area (Å²) < 4.78 is 6.74. The highest BCUT2D eigenvalue weighted by atomic mass is 16.5. The third-order valence-electron chi connectivity index (χ3n) is 3.83. The Morgan fingerprint density at radius 3 is 2.76 bits per heavy atom. The lowest BCUT2D eigenvalue weighted by molar-refractivity contribution is -0.139. The van der Waals surface area contributed by atoms with Crippen LogP contribution >= 0.6 is 0 Å². The maximum Gasteiger partial charge on any atom is 0.314 e. The van der Waals surface area contributed by atoms with Crippen molar-refractivity contribution in [1.82, 2.24) is 14.8 Å². The molecule has 0 bridgehead atoms. The van der Waals surface area contributed by atoms with Crippen molar-refractivity contribution in [2.24, 2.45) is 0 Å². The van der Waals surface area contributed by atoms with E-state index in [9.17, 15) is 9.90 Å². The molecule has 1 aromatic carbocycles. The van der Waals surface area contributed by atoms with Crippen molar-refractivity contribution in [2.45, 2.75) is 24.8 Å². The summed E-state index contributed by atoms with van der Waals surface area (Å²) in [7, 11) is 1.61. The zero-order chi connectivity index (χ0) is 15.0. The standard InChI is InChI=1S/C14H16N4O3/c1-21-10-4-2-8(3-5-10)9-6-11(13(19)20)12-16-14(15)17-18(12)7-9/h2-5,9,11H,6-7H2,1H3,(H2,15,17)(H,19,20). The molecule has 0 radical (unpaired) electrons. The van der Waals surface area contributed by atoms with E-state index in [-0.39, 0.29) is 11.9 Å². The number of carboxylic acids is 1. The van der Waals surface area contributed by atoms with Crippen LogP contribution in [0.2, 0.25) is 0 Å². The Hall–Kier alpha value is -2.57. The SMILES string of the molecule is COc1ccc(C2CC(C(=O)O)c3nc(N)nn3C2)cc1. The molecular formula is C14H16N4O3. The fourth-order valence-electron chi connectivity index (χ4n) is 2.77. The highest BCUT2D eigenvalue weighted by Gasteiger charge is 2.35. The van der Waals surface area contributed by atoms with Gasteiger partial charge in [0.15, 0.2) is 0 Å². The van der Waals surface area contributed by atoms with Gasteiger partial charge in [0.25, 0.3) is 0 Å². The van der Waals surface area contributed by atoms with Gasteiger partial charge in [-0.2, -0.15) is 4.98 Å². The van der Waals surface area contributed by atoms with Gasteiger partial charge in [0.2, 0.25) is 5.95 Å². The first-order valence-electron chi connectivity index (χ1n) is 6.65. The molecule has 0 amide bonds. The zero-order valence-electron chi connectivity index (χ0n) is 11.6. The van der Waals surface area contributed by atoms with Gasteiger partial charge in [0.05, 0.1) is 13.7 Å². The number of aromatic nitrogens is 3. The fraction of sp³-hybridized carbons (Fsp3) is 0.357. The Morgan fingerprint density at radius 1 is 1.43 bits per heavy atom. The zero-order valence-corrected chi connectivity index (χ0v) is 11.6. The van der Waals surface area contributed by atoms with E-state index in [0.29, 0.717) is 18.8 Å². The molecule has 3 N–H and O–H groups in total. The lowest BCUT2D eigenvalue weighted by atomic mass is 9.85. The van der Waals surface area contributed by atoms with Crippen molar-refractivity contribution in [3.05, 3.63) is 35.7 Å². The fourth-order valence-corrected chi connectivity index (χ4v) is 2.77. The normalized spacial score (nSPS) is 20.8. The van der Waals surface area contributed by atoms with E-state index >= 15 is 0 Å². The summed E-state index contributed by atoms with van der Waals surface area (Å²) >= 11 is 0. The average Bonchev–Trinajstić information content (AvgIpc) is 2.86. The Balaban J connectivity index is 1.93. The minimum Gasteiger partial charge on any atom is -0.497 e. The minimum absolute atomic E-state index is 0.0607. The molecule has 7 heteroatoms. The molecule has 21 heavy (non-hydrogen) atoms. The molecule has 1 aliphatic heterocycles. The molecule has 110 valence electrons. The first kappa shape index (κ1) is 13.4. The van der Waals surface area contributed by atoms with Crippen molar-refractivity contribution in [1.29, 1.82) is 0 Å². The van der Waals surface area contributed by atoms with Crippen LogP contribution in [0.25, 0.3) is 0 Å². The lowest BCUT2D eigenvalue weighted by Gasteiger charge is -2.27. The second-order valence-electron chi connectivity index (χ2n) is 5.11. The predicted octanol–water partition coefficient (Wildman–Crippen LogP) is 1.22. The summed E-state index contributed by atoms with van der Waals surface area (Å²) in [4.78, 5) is 15.5. The molecule has 0 aliphatic carbocycles. The van der Waals surface area contributed by atoms with Crippen LogP contribution in [-0.4, -0.2) is 33.0 Å². The first-order valence-corrected chi connectivity index (χ1v) is 6.65. The van der Waals surface area contributed by atoms with Crippen molar-refractivity contribution in [3.63, 3.8) is 0 Å². The number of methoxy groups -OCH3 is 1. The van der Waals surface area contributed by atoms with Gasteiger partial charge < -0.3 is 15.6 Å². The van der Waals surface area contributed by atoms with E-state index in [1.165, 1.54) is 0 Å². The van der Waals surface area contributed by atoms with Gasteiger partial charge >= 0.3 is 5.97 Å². The average molecular weight is 288 g/mol. The lowest BCUT2D eigenvalue weighted by Crippen LogP contribution is -2.28. The third kappa shape index (κ3) is 2.42. The number of carbonyl (C=O) groups is 1. The molecule has 1 aromatic heterocycles. The molecule has 3 rings (SSSR count). The predicted molar refractivity (Wildman–Crippen MR) is 75.2 cm³/mol. The summed E-state index contributed by atoms with van der Waals surface area (Å²) in [6, 6.07) is 7.65. The number of nitrogens with zero attached hydrogens (tertiary/aromatic N) is 3. The number of aliphatic carboxylic acids is 1. The minimum atomic E-state index is -0.901. The van der Waals surface area contributed by atoms with Gasteiger partial charge in [-0.1, -0.05) is 12.1 Å². The van der Waals surface area contributed by atoms with Crippen LogP contribution in [0.5, 0.6) is 5.75 Å². The van der Waals surface area contributed by atoms with Crippen LogP contribution in [0, 0.1) is 0 Å². The van der Waals surface area contributed by atoms with E-state index in [2.05, 4.69) is 10.1 Å². The summed E-state index contributed by atoms with van der Waals surface area (Å²) in [5.74, 6) is -0.199. The monoisotopic (exact) mass is 288 g/mol. The summed E-state index contributed by atoms with van der Waals surface area (Å²) in [6.45, 7) is 0.579. The van der Waals surface area contributed by atoms with E-state index in [4.69, 9.17) is 10.5 Å². The van der Waals surface area contributed by atoms with E-state index < -0.39 is 11.9 Å². The topological polar surface area (TPSA) is 103 Å². The second kappa shape index (κ2) is 5.08. The Morgan fingerprint density at radius 2 is 2.14 bits per heavy atom. The molecule has 1 aliphatic rings. The quantitative estimate of drug-likeness (QED) is 0.880. The van der Waals surface area contributed by atoms with Crippen LogP contribution in [-0.2, 0) is 11.3 Å². The summed E-state index contributed by atoms with van der Waals surface area (Å²) in [5, 5.41) is 13.5. The Bertz CT molecular complexity index is 665. The van der Waals surface area contributed by atoms with E-state index in [1.807, 2.05) is 24.3 Å². The number of hydrogen-bond acceptors (Lipinski definition) is 5. The van der Waals surface area contributed by atoms with Crippen molar-refractivity contribution < 1.29 is 14.6 Å². The van der Waals surface area contributed by atoms with Gasteiger partial charge in [-0.05, 0) is 24.1 Å². The molecule has 0 saturated carbocycles. The second-order valence-corrected chi connectivity index (χ2v) is 5.11. The molecule has 0 spiro atoms. The molecule has 2 unspecified atom stereocenters.